The number of anilines is 1. The van der Waals surface area contributed by atoms with Crippen molar-refractivity contribution in [3.63, 3.8) is 0 Å². The fourth-order valence-corrected chi connectivity index (χ4v) is 4.28. The molecule has 0 saturated carbocycles. The number of aromatic nitrogens is 2. The third-order valence-corrected chi connectivity index (χ3v) is 6.51. The number of sulfonamides is 1. The van der Waals surface area contributed by atoms with Gasteiger partial charge >= 0.3 is 12.2 Å². The number of hydrogen-bond donors (Lipinski definition) is 3. The van der Waals surface area contributed by atoms with Crippen LogP contribution in [0.1, 0.15) is 17.7 Å². The number of hydrogen-bond acceptors (Lipinski definition) is 4. The van der Waals surface area contributed by atoms with Gasteiger partial charge in [0.05, 0.1) is 27.5 Å². The standard InChI is InChI=1S/C26H24F3N5O3S/c27-26(28,29)19-8-4-9-20(16-19)32-25(35)31-15-5-10-21-17-24(18-6-2-1-3-7-18)34(33-21)22-11-13-23(14-12-22)38(30,36)37/h1-4,6-9,11-14,16-17H,5,10,15H2,(H2,30,36,37)(H2,31,32,35). The molecule has 0 spiro atoms. The molecule has 0 fully saturated rings. The van der Waals surface area contributed by atoms with Gasteiger partial charge in [0.2, 0.25) is 10.0 Å². The van der Waals surface area contributed by atoms with Crippen molar-refractivity contribution < 1.29 is 26.4 Å². The average molecular weight is 544 g/mol. The summed E-state index contributed by atoms with van der Waals surface area (Å²) < 4.78 is 63.5. The Morgan fingerprint density at radius 3 is 2.32 bits per heavy atom. The third kappa shape index (κ3) is 6.78. The van der Waals surface area contributed by atoms with Crippen molar-refractivity contribution in [2.45, 2.75) is 23.9 Å². The first kappa shape index (κ1) is 26.9. The molecule has 0 unspecified atom stereocenters. The van der Waals surface area contributed by atoms with Gasteiger partial charge in [0.25, 0.3) is 0 Å². The smallest absolute Gasteiger partial charge is 0.338 e. The molecule has 4 rings (SSSR count). The van der Waals surface area contributed by atoms with E-state index in [-0.39, 0.29) is 17.1 Å². The average Bonchev–Trinajstić information content (AvgIpc) is 3.31. The number of nitrogens with one attached hydrogen (secondary N) is 2. The van der Waals surface area contributed by atoms with E-state index in [9.17, 15) is 26.4 Å². The van der Waals surface area contributed by atoms with Crippen molar-refractivity contribution in [3.8, 4) is 16.9 Å². The fraction of sp³-hybridized carbons (Fsp3) is 0.154. The van der Waals surface area contributed by atoms with Gasteiger partial charge in [0.1, 0.15) is 0 Å². The number of primary sulfonamides is 1. The molecule has 0 saturated heterocycles. The maximum atomic E-state index is 12.9. The molecule has 8 nitrogen and oxygen atoms in total. The van der Waals surface area contributed by atoms with Crippen LogP contribution in [0.25, 0.3) is 16.9 Å². The van der Waals surface area contributed by atoms with E-state index in [1.54, 1.807) is 16.8 Å². The van der Waals surface area contributed by atoms with Gasteiger partial charge in [-0.25, -0.2) is 23.0 Å². The molecule has 1 aromatic heterocycles. The first-order valence-electron chi connectivity index (χ1n) is 11.5. The van der Waals surface area contributed by atoms with Gasteiger partial charge in [-0.05, 0) is 61.4 Å². The Labute approximate surface area is 217 Å². The second-order valence-electron chi connectivity index (χ2n) is 8.40. The highest BCUT2D eigenvalue weighted by molar-refractivity contribution is 7.89. The van der Waals surface area contributed by atoms with Gasteiger partial charge in [-0.1, -0.05) is 36.4 Å². The highest BCUT2D eigenvalue weighted by Gasteiger charge is 2.30. The highest BCUT2D eigenvalue weighted by atomic mass is 32.2. The van der Waals surface area contributed by atoms with Crippen molar-refractivity contribution in [3.05, 3.63) is 96.2 Å². The van der Waals surface area contributed by atoms with Gasteiger partial charge in [0.15, 0.2) is 0 Å². The van der Waals surface area contributed by atoms with Crippen LogP contribution in [0.15, 0.2) is 89.8 Å². The molecule has 4 aromatic rings. The first-order valence-corrected chi connectivity index (χ1v) is 13.0. The summed E-state index contributed by atoms with van der Waals surface area (Å²) in [4.78, 5) is 12.1. The highest BCUT2D eigenvalue weighted by Crippen LogP contribution is 2.30. The van der Waals surface area contributed by atoms with E-state index < -0.39 is 27.8 Å². The predicted octanol–water partition coefficient (Wildman–Crippen LogP) is 4.96. The summed E-state index contributed by atoms with van der Waals surface area (Å²) in [7, 11) is -3.83. The van der Waals surface area contributed by atoms with Gasteiger partial charge < -0.3 is 10.6 Å². The fourth-order valence-electron chi connectivity index (χ4n) is 3.76. The molecule has 0 radical (unpaired) electrons. The van der Waals surface area contributed by atoms with E-state index in [1.165, 1.54) is 24.3 Å². The van der Waals surface area contributed by atoms with Crippen molar-refractivity contribution in [2.75, 3.05) is 11.9 Å². The predicted molar refractivity (Wildman–Crippen MR) is 137 cm³/mol. The number of amides is 2. The Morgan fingerprint density at radius 1 is 0.947 bits per heavy atom. The van der Waals surface area contributed by atoms with Crippen LogP contribution in [-0.4, -0.2) is 30.8 Å². The zero-order valence-electron chi connectivity index (χ0n) is 19.9. The van der Waals surface area contributed by atoms with Gasteiger partial charge in [0, 0.05) is 17.8 Å². The second-order valence-corrected chi connectivity index (χ2v) is 9.96. The number of carbonyl (C=O) groups is 1. The topological polar surface area (TPSA) is 119 Å². The Balaban J connectivity index is 1.42. The molecule has 1 heterocycles. The number of nitrogens with zero attached hydrogens (tertiary/aromatic N) is 2. The van der Waals surface area contributed by atoms with Crippen LogP contribution in [0.3, 0.4) is 0 Å². The van der Waals surface area contributed by atoms with Crippen LogP contribution < -0.4 is 15.8 Å². The minimum atomic E-state index is -4.50. The van der Waals surface area contributed by atoms with Crippen LogP contribution in [-0.2, 0) is 22.6 Å². The minimum Gasteiger partial charge on any atom is -0.338 e. The molecule has 2 amide bonds. The van der Waals surface area contributed by atoms with Crippen LogP contribution >= 0.6 is 0 Å². The molecule has 0 atom stereocenters. The first-order chi connectivity index (χ1) is 18.0. The Kier molecular flexibility index (Phi) is 7.83. The number of aryl methyl sites for hydroxylation is 1. The number of nitrogens with two attached hydrogens (primary N) is 1. The van der Waals surface area contributed by atoms with E-state index in [0.717, 1.165) is 29.1 Å². The van der Waals surface area contributed by atoms with Crippen LogP contribution in [0.2, 0.25) is 0 Å². The molecule has 0 aliphatic carbocycles. The van der Waals surface area contributed by atoms with Crippen molar-refractivity contribution in [1.82, 2.24) is 15.1 Å². The lowest BCUT2D eigenvalue weighted by atomic mass is 10.1. The molecule has 3 aromatic carbocycles. The normalized spacial score (nSPS) is 11.8. The van der Waals surface area contributed by atoms with Crippen LogP contribution in [0.5, 0.6) is 0 Å². The maximum absolute atomic E-state index is 12.9. The number of urea groups is 1. The van der Waals surface area contributed by atoms with Crippen LogP contribution in [0.4, 0.5) is 23.7 Å². The maximum Gasteiger partial charge on any atom is 0.416 e. The number of carbonyl (C=O) groups excluding carboxylic acids is 1. The summed E-state index contributed by atoms with van der Waals surface area (Å²) in [6, 6.07) is 21.3. The summed E-state index contributed by atoms with van der Waals surface area (Å²) in [5.74, 6) is 0. The summed E-state index contributed by atoms with van der Waals surface area (Å²) in [6.07, 6.45) is -3.47. The van der Waals surface area contributed by atoms with Gasteiger partial charge in [-0.2, -0.15) is 18.3 Å². The van der Waals surface area contributed by atoms with Crippen molar-refractivity contribution >= 4 is 21.7 Å². The number of benzene rings is 3. The lowest BCUT2D eigenvalue weighted by Crippen LogP contribution is -2.29. The zero-order valence-corrected chi connectivity index (χ0v) is 20.8. The monoisotopic (exact) mass is 543 g/mol. The molecule has 0 bridgehead atoms. The summed E-state index contributed by atoms with van der Waals surface area (Å²) in [6.45, 7) is 0.265. The molecule has 198 valence electrons. The van der Waals surface area contributed by atoms with Crippen molar-refractivity contribution in [1.29, 1.82) is 0 Å². The van der Waals surface area contributed by atoms with Gasteiger partial charge in [-0.3, -0.25) is 0 Å². The van der Waals surface area contributed by atoms with E-state index in [0.29, 0.717) is 18.5 Å². The van der Waals surface area contributed by atoms with Crippen molar-refractivity contribution in [2.24, 2.45) is 5.14 Å². The largest absolute Gasteiger partial charge is 0.416 e. The Bertz CT molecular complexity index is 1520. The molecular formula is C26H24F3N5O3S. The molecule has 4 N–H and O–H groups in total. The Morgan fingerprint density at radius 2 is 1.66 bits per heavy atom. The molecule has 38 heavy (non-hydrogen) atoms. The van der Waals surface area contributed by atoms with E-state index in [2.05, 4.69) is 15.7 Å². The van der Waals surface area contributed by atoms with E-state index >= 15 is 0 Å². The zero-order chi connectivity index (χ0) is 27.3. The molecule has 0 aliphatic rings. The molecule has 0 aliphatic heterocycles. The van der Waals surface area contributed by atoms with E-state index in [4.69, 9.17) is 5.14 Å². The summed E-state index contributed by atoms with van der Waals surface area (Å²) in [5, 5.41) is 14.9. The SMILES string of the molecule is NS(=O)(=O)c1ccc(-n2nc(CCCNC(=O)Nc3cccc(C(F)(F)F)c3)cc2-c2ccccc2)cc1. The van der Waals surface area contributed by atoms with Crippen LogP contribution in [0, 0.1) is 0 Å². The lowest BCUT2D eigenvalue weighted by Gasteiger charge is -2.10. The number of halogens is 3. The lowest BCUT2D eigenvalue weighted by molar-refractivity contribution is -0.137. The number of rotatable bonds is 8. The number of alkyl halides is 3. The molecular weight excluding hydrogens is 519 g/mol. The summed E-state index contributed by atoms with van der Waals surface area (Å²) >= 11 is 0. The van der Waals surface area contributed by atoms with Gasteiger partial charge in [-0.15, -0.1) is 0 Å². The van der Waals surface area contributed by atoms with E-state index in [1.807, 2.05) is 36.4 Å². The minimum absolute atomic E-state index is 0.00984. The second kappa shape index (κ2) is 11.1. The third-order valence-electron chi connectivity index (χ3n) is 5.58. The summed E-state index contributed by atoms with van der Waals surface area (Å²) in [5.41, 5.74) is 2.26. The Hall–Kier alpha value is -4.16. The molecule has 12 heteroatoms. The quantitative estimate of drug-likeness (QED) is 0.272.